The number of nitrogens with one attached hydrogen (secondary N) is 3. The third-order valence-electron chi connectivity index (χ3n) is 8.20. The zero-order valence-corrected chi connectivity index (χ0v) is 27.0. The summed E-state index contributed by atoms with van der Waals surface area (Å²) in [5.74, 6) is 2.10. The predicted octanol–water partition coefficient (Wildman–Crippen LogP) is 4.64. The summed E-state index contributed by atoms with van der Waals surface area (Å²) in [6, 6.07) is 7.66. The molecule has 0 aliphatic carbocycles. The van der Waals surface area contributed by atoms with Crippen LogP contribution < -0.4 is 30.3 Å². The van der Waals surface area contributed by atoms with Gasteiger partial charge in [0.2, 0.25) is 5.95 Å². The minimum absolute atomic E-state index is 0.327. The molecule has 3 N–H and O–H groups in total. The van der Waals surface area contributed by atoms with Crippen LogP contribution in [0.1, 0.15) is 0 Å². The lowest BCUT2D eigenvalue weighted by molar-refractivity contribution is 0.121. The molecule has 0 atom stereocenters. The molecule has 0 spiro atoms. The molecule has 2 aliphatic heterocycles. The standard InChI is InChI=1S/C32H33N10O4P/c1-41-18-19(17-36-41)21-16-24(27-28(46-15-14-45-27)26(21)42-10-12-44-13-11-42)38-32-39-30-20(6-7-35-30)31(40-32)37-23-5-4-22-25(34-9-8-33-22)29(23)47(2,3)43/h4-9,16-18H,10-15H2,1-3H3,(H3,35,37,38,39,40). The van der Waals surface area contributed by atoms with Crippen LogP contribution in [0.15, 0.2) is 55.2 Å². The topological polar surface area (TPSA) is 157 Å². The van der Waals surface area contributed by atoms with Gasteiger partial charge in [-0.3, -0.25) is 14.6 Å². The van der Waals surface area contributed by atoms with Crippen molar-refractivity contribution in [1.82, 2.24) is 34.7 Å². The zero-order valence-electron chi connectivity index (χ0n) is 26.1. The minimum atomic E-state index is -2.79. The molecular weight excluding hydrogens is 619 g/mol. The fraction of sp³-hybridized carbons (Fsp3) is 0.281. The molecular formula is C32H33N10O4P. The van der Waals surface area contributed by atoms with Gasteiger partial charge in [0.25, 0.3) is 0 Å². The van der Waals surface area contributed by atoms with Crippen molar-refractivity contribution < 1.29 is 18.8 Å². The van der Waals surface area contributed by atoms with Crippen LogP contribution in [-0.2, 0) is 16.3 Å². The maximum atomic E-state index is 13.6. The highest BCUT2D eigenvalue weighted by atomic mass is 31.2. The van der Waals surface area contributed by atoms with E-state index in [0.29, 0.717) is 83.1 Å². The first-order valence-electron chi connectivity index (χ1n) is 15.3. The van der Waals surface area contributed by atoms with Crippen LogP contribution in [-0.4, -0.2) is 87.5 Å². The lowest BCUT2D eigenvalue weighted by Gasteiger charge is -2.34. The molecule has 0 radical (unpaired) electrons. The Kier molecular flexibility index (Phi) is 7.18. The number of aromatic amines is 1. The Hall–Kier alpha value is -5.20. The minimum Gasteiger partial charge on any atom is -0.484 e. The second kappa shape index (κ2) is 11.6. The molecule has 2 aliphatic rings. The summed E-state index contributed by atoms with van der Waals surface area (Å²) in [5.41, 5.74) is 6.00. The summed E-state index contributed by atoms with van der Waals surface area (Å²) in [5, 5.41) is 12.7. The van der Waals surface area contributed by atoms with E-state index >= 15 is 0 Å². The van der Waals surface area contributed by atoms with E-state index in [9.17, 15) is 4.57 Å². The summed E-state index contributed by atoms with van der Waals surface area (Å²) in [7, 11) is -0.899. The maximum absolute atomic E-state index is 13.6. The lowest BCUT2D eigenvalue weighted by Crippen LogP contribution is -2.37. The number of anilines is 5. The second-order valence-corrected chi connectivity index (χ2v) is 14.9. The number of aromatic nitrogens is 7. The Morgan fingerprint density at radius 1 is 0.936 bits per heavy atom. The fourth-order valence-electron chi connectivity index (χ4n) is 6.18. The molecule has 15 heteroatoms. The normalized spacial score (nSPS) is 14.9. The van der Waals surface area contributed by atoms with Gasteiger partial charge in [0.1, 0.15) is 37.3 Å². The van der Waals surface area contributed by atoms with Gasteiger partial charge in [-0.2, -0.15) is 15.1 Å². The Balaban J connectivity index is 1.25. The van der Waals surface area contributed by atoms with E-state index in [-0.39, 0.29) is 0 Å². The largest absolute Gasteiger partial charge is 0.484 e. The fourth-order valence-corrected chi connectivity index (χ4v) is 7.57. The quantitative estimate of drug-likeness (QED) is 0.206. The lowest BCUT2D eigenvalue weighted by atomic mass is 10.0. The van der Waals surface area contributed by atoms with Gasteiger partial charge in [-0.05, 0) is 37.6 Å². The van der Waals surface area contributed by atoms with Gasteiger partial charge in [-0.1, -0.05) is 0 Å². The summed E-state index contributed by atoms with van der Waals surface area (Å²) in [6.45, 7) is 6.98. The molecule has 47 heavy (non-hydrogen) atoms. The second-order valence-electron chi connectivity index (χ2n) is 11.8. The molecule has 8 rings (SSSR count). The van der Waals surface area contributed by atoms with Crippen molar-refractivity contribution in [3.05, 3.63) is 55.2 Å². The molecule has 6 heterocycles. The van der Waals surface area contributed by atoms with Crippen molar-refractivity contribution in [2.45, 2.75) is 0 Å². The Morgan fingerprint density at radius 3 is 2.53 bits per heavy atom. The first kappa shape index (κ1) is 29.2. The first-order chi connectivity index (χ1) is 22.8. The van der Waals surface area contributed by atoms with Gasteiger partial charge in [-0.25, -0.2) is 0 Å². The molecule has 1 saturated heterocycles. The van der Waals surface area contributed by atoms with Crippen molar-refractivity contribution >= 4 is 63.3 Å². The highest BCUT2D eigenvalue weighted by molar-refractivity contribution is 7.71. The number of rotatable bonds is 7. The maximum Gasteiger partial charge on any atom is 0.231 e. The first-order valence-corrected chi connectivity index (χ1v) is 17.9. The SMILES string of the molecule is Cn1cc(-c2cc(Nc3nc(Nc4ccc5nccnc5c4P(C)(C)=O)c4cc[nH]c4n3)c3c(c2N2CCOCC2)OCCO3)cn1. The predicted molar refractivity (Wildman–Crippen MR) is 182 cm³/mol. The van der Waals surface area contributed by atoms with Gasteiger partial charge in [0.05, 0.1) is 52.7 Å². The molecule has 1 fully saturated rings. The number of H-pyrrole nitrogens is 1. The van der Waals surface area contributed by atoms with Crippen LogP contribution >= 0.6 is 7.14 Å². The average Bonchev–Trinajstić information content (AvgIpc) is 3.73. The number of nitrogens with zero attached hydrogens (tertiary/aromatic N) is 7. The van der Waals surface area contributed by atoms with Gasteiger partial charge in [-0.15, -0.1) is 0 Å². The van der Waals surface area contributed by atoms with Crippen LogP contribution in [0.4, 0.5) is 28.8 Å². The Labute approximate surface area is 269 Å². The number of hydrogen-bond donors (Lipinski definition) is 3. The molecule has 0 unspecified atom stereocenters. The Bertz CT molecular complexity index is 2190. The van der Waals surface area contributed by atoms with Crippen molar-refractivity contribution in [3.63, 3.8) is 0 Å². The third kappa shape index (κ3) is 5.38. The number of fused-ring (bicyclic) bond motifs is 3. The number of morpholine rings is 1. The van der Waals surface area contributed by atoms with Crippen LogP contribution in [0.25, 0.3) is 33.2 Å². The van der Waals surface area contributed by atoms with Crippen LogP contribution in [0.5, 0.6) is 11.5 Å². The summed E-state index contributed by atoms with van der Waals surface area (Å²) < 4.78 is 33.6. The molecule has 4 aromatic heterocycles. The van der Waals surface area contributed by atoms with Gasteiger partial charge >= 0.3 is 0 Å². The summed E-state index contributed by atoms with van der Waals surface area (Å²) in [6.07, 6.45) is 8.87. The molecule has 6 aromatic rings. The Morgan fingerprint density at radius 2 is 1.74 bits per heavy atom. The smallest absolute Gasteiger partial charge is 0.231 e. The van der Waals surface area contributed by atoms with E-state index in [1.54, 1.807) is 30.4 Å². The van der Waals surface area contributed by atoms with Crippen molar-refractivity contribution in [3.8, 4) is 22.6 Å². The van der Waals surface area contributed by atoms with E-state index in [0.717, 1.165) is 35.3 Å². The number of aryl methyl sites for hydroxylation is 1. The van der Waals surface area contributed by atoms with Crippen LogP contribution in [0.3, 0.4) is 0 Å². The van der Waals surface area contributed by atoms with E-state index in [1.807, 2.05) is 49.9 Å². The molecule has 14 nitrogen and oxygen atoms in total. The van der Waals surface area contributed by atoms with Gasteiger partial charge in [0.15, 0.2) is 11.5 Å². The summed E-state index contributed by atoms with van der Waals surface area (Å²) in [4.78, 5) is 24.1. The molecule has 2 aromatic carbocycles. The van der Waals surface area contributed by atoms with Crippen molar-refractivity contribution in [2.75, 3.05) is 68.4 Å². The van der Waals surface area contributed by atoms with Crippen molar-refractivity contribution in [1.29, 1.82) is 0 Å². The highest BCUT2D eigenvalue weighted by Crippen LogP contribution is 2.51. The van der Waals surface area contributed by atoms with E-state index in [4.69, 9.17) is 24.2 Å². The van der Waals surface area contributed by atoms with Crippen molar-refractivity contribution in [2.24, 2.45) is 7.05 Å². The van der Waals surface area contributed by atoms with E-state index in [1.165, 1.54) is 0 Å². The number of hydrogen-bond acceptors (Lipinski definition) is 12. The molecule has 0 amide bonds. The van der Waals surface area contributed by atoms with E-state index < -0.39 is 7.14 Å². The van der Waals surface area contributed by atoms with Gasteiger partial charge in [0, 0.05) is 56.1 Å². The molecule has 0 saturated carbocycles. The highest BCUT2D eigenvalue weighted by Gasteiger charge is 2.30. The van der Waals surface area contributed by atoms with Gasteiger partial charge < -0.3 is 39.3 Å². The zero-order chi connectivity index (χ0) is 32.1. The monoisotopic (exact) mass is 652 g/mol. The summed E-state index contributed by atoms with van der Waals surface area (Å²) >= 11 is 0. The number of benzene rings is 2. The molecule has 240 valence electrons. The average molecular weight is 653 g/mol. The third-order valence-corrected chi connectivity index (χ3v) is 9.73. The molecule has 0 bridgehead atoms. The number of ether oxygens (including phenoxy) is 3. The van der Waals surface area contributed by atoms with E-state index in [2.05, 4.69) is 35.6 Å². The van der Waals surface area contributed by atoms with Crippen LogP contribution in [0, 0.1) is 0 Å². The van der Waals surface area contributed by atoms with Crippen LogP contribution in [0.2, 0.25) is 0 Å².